The van der Waals surface area contributed by atoms with E-state index in [1.165, 1.54) is 0 Å². The van der Waals surface area contributed by atoms with E-state index in [9.17, 15) is 4.79 Å². The van der Waals surface area contributed by atoms with Gasteiger partial charge in [0.05, 0.1) is 11.4 Å². The first-order valence-corrected chi connectivity index (χ1v) is 6.45. The van der Waals surface area contributed by atoms with E-state index in [-0.39, 0.29) is 11.0 Å². The van der Waals surface area contributed by atoms with Crippen LogP contribution in [0, 0.1) is 22.7 Å². The molecule has 0 unspecified atom stereocenters. The Balaban J connectivity index is 2.08. The molecule has 2 N–H and O–H groups in total. The van der Waals surface area contributed by atoms with Crippen molar-refractivity contribution >= 4 is 34.1 Å². The third-order valence-electron chi connectivity index (χ3n) is 2.35. The number of carbonyl (C=O) groups excluding carboxylic acids is 1. The lowest BCUT2D eigenvalue weighted by molar-refractivity contribution is 0.261. The van der Waals surface area contributed by atoms with E-state index < -0.39 is 0 Å². The van der Waals surface area contributed by atoms with Crippen LogP contribution in [0.4, 0.5) is 10.5 Å². The fourth-order valence-electron chi connectivity index (χ4n) is 1.39. The maximum atomic E-state index is 11.0. The number of amides is 1. The third-order valence-corrected chi connectivity index (χ3v) is 3.12. The Hall–Kier alpha value is -2.84. The van der Waals surface area contributed by atoms with Gasteiger partial charge in [0.1, 0.15) is 12.1 Å². The van der Waals surface area contributed by atoms with Crippen molar-refractivity contribution in [3.05, 3.63) is 29.8 Å². The molecule has 98 valence electrons. The molecule has 0 saturated carbocycles. The summed E-state index contributed by atoms with van der Waals surface area (Å²) in [5.74, 6) is 0.518. The van der Waals surface area contributed by atoms with E-state index in [4.69, 9.17) is 10.5 Å². The molecule has 8 heteroatoms. The smallest absolute Gasteiger partial charge is 0.277 e. The van der Waals surface area contributed by atoms with Crippen LogP contribution in [0.15, 0.2) is 34.5 Å². The summed E-state index contributed by atoms with van der Waals surface area (Å²) in [6, 6.07) is 10.4. The zero-order valence-electron chi connectivity index (χ0n) is 10.1. The molecule has 0 spiro atoms. The van der Waals surface area contributed by atoms with Crippen LogP contribution in [0.1, 0.15) is 5.56 Å². The van der Waals surface area contributed by atoms with E-state index in [1.807, 2.05) is 12.1 Å². The zero-order valence-corrected chi connectivity index (χ0v) is 10.9. The van der Waals surface area contributed by atoms with Crippen LogP contribution in [0.2, 0.25) is 0 Å². The number of thioether (sulfide) groups is 1. The summed E-state index contributed by atoms with van der Waals surface area (Å²) in [5.41, 5.74) is 7.07. The van der Waals surface area contributed by atoms with Crippen molar-refractivity contribution in [1.82, 2.24) is 5.43 Å². The van der Waals surface area contributed by atoms with Crippen LogP contribution in [0.25, 0.3) is 0 Å². The standard InChI is InChI=1S/C12H8N6OS/c13-5-10(6-14)16-15-9-3-1-8(2-4-9)11-7-20-12(19)18-17-11/h1-4,15H,7H2,(H,18,19). The topological polar surface area (TPSA) is 113 Å². The molecule has 0 aromatic heterocycles. The van der Waals surface area contributed by atoms with E-state index >= 15 is 0 Å². The van der Waals surface area contributed by atoms with E-state index in [0.717, 1.165) is 23.0 Å². The van der Waals surface area contributed by atoms with Gasteiger partial charge in [0.25, 0.3) is 5.24 Å². The number of hydrazone groups is 2. The second kappa shape index (κ2) is 6.36. The fourth-order valence-corrected chi connectivity index (χ4v) is 2.00. The van der Waals surface area contributed by atoms with Crippen molar-refractivity contribution in [3.8, 4) is 12.1 Å². The third kappa shape index (κ3) is 3.34. The van der Waals surface area contributed by atoms with Crippen molar-refractivity contribution in [2.75, 3.05) is 11.2 Å². The van der Waals surface area contributed by atoms with E-state index in [0.29, 0.717) is 11.4 Å². The summed E-state index contributed by atoms with van der Waals surface area (Å²) in [5, 5.41) is 24.5. The van der Waals surface area contributed by atoms with Crippen molar-refractivity contribution in [2.24, 2.45) is 10.2 Å². The molecule has 1 amide bonds. The minimum absolute atomic E-state index is 0.165. The number of nitriles is 2. The minimum Gasteiger partial charge on any atom is -0.277 e. The molecule has 0 atom stereocenters. The van der Waals surface area contributed by atoms with Crippen LogP contribution in [-0.2, 0) is 0 Å². The summed E-state index contributed by atoms with van der Waals surface area (Å²) in [4.78, 5) is 11.0. The predicted molar refractivity (Wildman–Crippen MR) is 76.3 cm³/mol. The number of rotatable bonds is 3. The number of nitrogens with zero attached hydrogens (tertiary/aromatic N) is 4. The lowest BCUT2D eigenvalue weighted by atomic mass is 10.1. The highest BCUT2D eigenvalue weighted by Crippen LogP contribution is 2.15. The molecule has 0 aliphatic carbocycles. The number of benzene rings is 1. The molecule has 0 radical (unpaired) electrons. The SMILES string of the molecule is N#CC(C#N)=NNc1ccc(C2=NNC(=O)SC2)cc1. The largest absolute Gasteiger partial charge is 0.299 e. The van der Waals surface area contributed by atoms with Crippen molar-refractivity contribution in [1.29, 1.82) is 10.5 Å². The highest BCUT2D eigenvalue weighted by atomic mass is 32.2. The lowest BCUT2D eigenvalue weighted by Gasteiger charge is -2.11. The first kappa shape index (κ1) is 13.6. The molecule has 1 heterocycles. The molecule has 0 bridgehead atoms. The Labute approximate surface area is 119 Å². The van der Waals surface area contributed by atoms with Gasteiger partial charge in [-0.25, -0.2) is 5.43 Å². The number of carbonyl (C=O) groups is 1. The molecule has 0 fully saturated rings. The van der Waals surface area contributed by atoms with Crippen molar-refractivity contribution in [2.45, 2.75) is 0 Å². The highest BCUT2D eigenvalue weighted by Gasteiger charge is 2.13. The molecule has 1 aliphatic heterocycles. The van der Waals surface area contributed by atoms with Crippen LogP contribution in [0.3, 0.4) is 0 Å². The van der Waals surface area contributed by atoms with Crippen LogP contribution < -0.4 is 10.9 Å². The number of hydrogen-bond acceptors (Lipinski definition) is 7. The van der Waals surface area contributed by atoms with Crippen LogP contribution >= 0.6 is 11.8 Å². The van der Waals surface area contributed by atoms with Gasteiger partial charge in [0, 0.05) is 5.75 Å². The van der Waals surface area contributed by atoms with Gasteiger partial charge in [0.2, 0.25) is 5.71 Å². The predicted octanol–water partition coefficient (Wildman–Crippen LogP) is 1.66. The highest BCUT2D eigenvalue weighted by molar-refractivity contribution is 8.14. The molecule has 7 nitrogen and oxygen atoms in total. The Kier molecular flexibility index (Phi) is 4.32. The minimum atomic E-state index is -0.246. The Morgan fingerprint density at radius 1 is 1.35 bits per heavy atom. The van der Waals surface area contributed by atoms with Crippen molar-refractivity contribution < 1.29 is 4.79 Å². The van der Waals surface area contributed by atoms with Gasteiger partial charge in [-0.2, -0.15) is 20.7 Å². The average Bonchev–Trinajstić information content (AvgIpc) is 2.50. The Bertz CT molecular complexity index is 649. The summed E-state index contributed by atoms with van der Waals surface area (Å²) < 4.78 is 0. The van der Waals surface area contributed by atoms with Crippen LogP contribution in [-0.4, -0.2) is 22.4 Å². The van der Waals surface area contributed by atoms with E-state index in [2.05, 4.69) is 21.1 Å². The van der Waals surface area contributed by atoms with Gasteiger partial charge in [-0.15, -0.1) is 0 Å². The monoisotopic (exact) mass is 284 g/mol. The fraction of sp³-hybridized carbons (Fsp3) is 0.0833. The summed E-state index contributed by atoms with van der Waals surface area (Å²) in [7, 11) is 0. The lowest BCUT2D eigenvalue weighted by Crippen LogP contribution is -2.23. The molecule has 0 saturated heterocycles. The normalized spacial score (nSPS) is 13.3. The summed E-state index contributed by atoms with van der Waals surface area (Å²) in [6.45, 7) is 0. The van der Waals surface area contributed by atoms with E-state index in [1.54, 1.807) is 24.3 Å². The number of anilines is 1. The molecule has 1 aromatic rings. The van der Waals surface area contributed by atoms with Gasteiger partial charge in [-0.3, -0.25) is 10.2 Å². The quantitative estimate of drug-likeness (QED) is 0.647. The maximum Gasteiger partial charge on any atom is 0.299 e. The van der Waals surface area contributed by atoms with Gasteiger partial charge in [0.15, 0.2) is 0 Å². The molecule has 20 heavy (non-hydrogen) atoms. The number of nitrogens with one attached hydrogen (secondary N) is 2. The maximum absolute atomic E-state index is 11.0. The van der Waals surface area contributed by atoms with Gasteiger partial charge < -0.3 is 0 Å². The first-order valence-electron chi connectivity index (χ1n) is 5.46. The van der Waals surface area contributed by atoms with Gasteiger partial charge in [-0.1, -0.05) is 23.9 Å². The zero-order chi connectivity index (χ0) is 14.4. The van der Waals surface area contributed by atoms with Gasteiger partial charge >= 0.3 is 0 Å². The first-order chi connectivity index (χ1) is 9.72. The second-order valence-electron chi connectivity index (χ2n) is 3.62. The van der Waals surface area contributed by atoms with Gasteiger partial charge in [-0.05, 0) is 17.7 Å². The molecular weight excluding hydrogens is 276 g/mol. The molecule has 1 aliphatic rings. The Morgan fingerprint density at radius 3 is 2.60 bits per heavy atom. The summed E-state index contributed by atoms with van der Waals surface area (Å²) in [6.07, 6.45) is 0. The molecule has 1 aromatic carbocycles. The van der Waals surface area contributed by atoms with Crippen molar-refractivity contribution in [3.63, 3.8) is 0 Å². The van der Waals surface area contributed by atoms with Crippen LogP contribution in [0.5, 0.6) is 0 Å². The summed E-state index contributed by atoms with van der Waals surface area (Å²) >= 11 is 1.15. The molecule has 2 rings (SSSR count). The number of hydrogen-bond donors (Lipinski definition) is 2. The second-order valence-corrected chi connectivity index (χ2v) is 4.57. The average molecular weight is 284 g/mol. The molecular formula is C12H8N6OS. The Morgan fingerprint density at radius 2 is 2.05 bits per heavy atom.